The van der Waals surface area contributed by atoms with E-state index in [0.717, 1.165) is 31.6 Å². The van der Waals surface area contributed by atoms with Gasteiger partial charge in [0.2, 0.25) is 5.91 Å². The summed E-state index contributed by atoms with van der Waals surface area (Å²) in [5.74, 6) is 0.552. The Hall–Kier alpha value is -2.12. The highest BCUT2D eigenvalue weighted by Gasteiger charge is 2.28. The fraction of sp³-hybridized carbons (Fsp3) is 0.524. The van der Waals surface area contributed by atoms with Gasteiger partial charge < -0.3 is 19.0 Å². The van der Waals surface area contributed by atoms with Crippen LogP contribution in [0.15, 0.2) is 40.3 Å². The van der Waals surface area contributed by atoms with Crippen LogP contribution in [0.1, 0.15) is 48.5 Å². The van der Waals surface area contributed by atoms with Crippen LogP contribution >= 0.6 is 11.3 Å². The van der Waals surface area contributed by atoms with Crippen LogP contribution in [0.2, 0.25) is 0 Å². The van der Waals surface area contributed by atoms with Crippen molar-refractivity contribution in [3.63, 3.8) is 0 Å². The number of hydrogen-bond acceptors (Lipinski definition) is 5. The van der Waals surface area contributed by atoms with Gasteiger partial charge >= 0.3 is 0 Å². The Labute approximate surface area is 170 Å². The Balaban J connectivity index is 1.73. The lowest BCUT2D eigenvalue weighted by Gasteiger charge is -2.31. The van der Waals surface area contributed by atoms with E-state index in [1.54, 1.807) is 22.1 Å². The number of thiophene rings is 1. The third kappa shape index (κ3) is 5.23. The number of nitrogens with zero attached hydrogens (tertiary/aromatic N) is 2. The second-order valence-corrected chi connectivity index (χ2v) is 8.10. The second kappa shape index (κ2) is 9.89. The van der Waals surface area contributed by atoms with Crippen molar-refractivity contribution in [3.8, 4) is 0 Å². The van der Waals surface area contributed by atoms with Crippen LogP contribution in [-0.2, 0) is 16.1 Å². The van der Waals surface area contributed by atoms with E-state index < -0.39 is 0 Å². The van der Waals surface area contributed by atoms with Gasteiger partial charge in [-0.2, -0.15) is 0 Å². The minimum absolute atomic E-state index is 0.0215. The molecule has 0 bridgehead atoms. The molecule has 28 heavy (non-hydrogen) atoms. The molecule has 1 saturated heterocycles. The van der Waals surface area contributed by atoms with Crippen LogP contribution in [0, 0.1) is 0 Å². The average molecular weight is 405 g/mol. The zero-order valence-corrected chi connectivity index (χ0v) is 17.3. The SMILES string of the molecule is CC[C@@H](C)N(CC(=O)N(Cc1ccco1)C[C@H]1CCCO1)C(=O)c1cccs1. The summed E-state index contributed by atoms with van der Waals surface area (Å²) in [6.07, 6.45) is 4.41. The molecule has 3 rings (SSSR count). The molecule has 0 aliphatic carbocycles. The number of carbonyl (C=O) groups is 2. The maximum atomic E-state index is 13.2. The zero-order valence-electron chi connectivity index (χ0n) is 16.5. The highest BCUT2D eigenvalue weighted by atomic mass is 32.1. The molecule has 1 fully saturated rings. The first-order valence-corrected chi connectivity index (χ1v) is 10.7. The molecule has 152 valence electrons. The Kier molecular flexibility index (Phi) is 7.28. The lowest BCUT2D eigenvalue weighted by atomic mass is 10.2. The monoisotopic (exact) mass is 404 g/mol. The van der Waals surface area contributed by atoms with Gasteiger partial charge in [0.1, 0.15) is 12.3 Å². The van der Waals surface area contributed by atoms with Gasteiger partial charge in [-0.05, 0) is 49.8 Å². The molecular formula is C21H28N2O4S. The molecular weight excluding hydrogens is 376 g/mol. The van der Waals surface area contributed by atoms with Crippen molar-refractivity contribution in [3.05, 3.63) is 46.5 Å². The number of amides is 2. The summed E-state index contributed by atoms with van der Waals surface area (Å²) in [5, 5.41) is 1.88. The van der Waals surface area contributed by atoms with Gasteiger partial charge in [0.15, 0.2) is 0 Å². The van der Waals surface area contributed by atoms with Crippen molar-refractivity contribution < 1.29 is 18.7 Å². The summed E-state index contributed by atoms with van der Waals surface area (Å²) in [5.41, 5.74) is 0. The van der Waals surface area contributed by atoms with E-state index in [2.05, 4.69) is 0 Å². The summed E-state index contributed by atoms with van der Waals surface area (Å²) in [6, 6.07) is 7.32. The third-order valence-corrected chi connectivity index (χ3v) is 6.01. The molecule has 2 atom stereocenters. The van der Waals surface area contributed by atoms with Gasteiger partial charge in [0.05, 0.1) is 23.8 Å². The summed E-state index contributed by atoms with van der Waals surface area (Å²) < 4.78 is 11.2. The van der Waals surface area contributed by atoms with E-state index in [1.165, 1.54) is 11.3 Å². The average Bonchev–Trinajstić information content (AvgIpc) is 3.47. The Morgan fingerprint density at radius 2 is 2.18 bits per heavy atom. The predicted molar refractivity (Wildman–Crippen MR) is 108 cm³/mol. The van der Waals surface area contributed by atoms with Gasteiger partial charge in [0.25, 0.3) is 5.91 Å². The van der Waals surface area contributed by atoms with E-state index in [9.17, 15) is 9.59 Å². The molecule has 3 heterocycles. The molecule has 1 aliphatic heterocycles. The number of furan rings is 1. The van der Waals surface area contributed by atoms with E-state index in [1.807, 2.05) is 37.4 Å². The number of carbonyl (C=O) groups excluding carboxylic acids is 2. The summed E-state index contributed by atoms with van der Waals surface area (Å²) >= 11 is 1.40. The van der Waals surface area contributed by atoms with Crippen molar-refractivity contribution in [1.82, 2.24) is 9.80 Å². The van der Waals surface area contributed by atoms with Crippen LogP contribution in [0.25, 0.3) is 0 Å². The highest BCUT2D eigenvalue weighted by Crippen LogP contribution is 2.18. The molecule has 0 radical (unpaired) electrons. The fourth-order valence-electron chi connectivity index (χ4n) is 3.32. The first-order valence-electron chi connectivity index (χ1n) is 9.84. The summed E-state index contributed by atoms with van der Waals surface area (Å²) in [6.45, 7) is 5.70. The molecule has 2 aromatic heterocycles. The maximum absolute atomic E-state index is 13.2. The first-order chi connectivity index (χ1) is 13.6. The van der Waals surface area contributed by atoms with Crippen LogP contribution in [0.4, 0.5) is 0 Å². The smallest absolute Gasteiger partial charge is 0.264 e. The quantitative estimate of drug-likeness (QED) is 0.638. The standard InChI is InChI=1S/C21H28N2O4S/c1-3-16(2)23(21(25)19-9-6-12-28-19)15-20(24)22(13-17-7-4-10-26-17)14-18-8-5-11-27-18/h4,6-7,9-10,12,16,18H,3,5,8,11,13-15H2,1-2H3/t16-,18-/m1/s1. The molecule has 0 aromatic carbocycles. The topological polar surface area (TPSA) is 63.0 Å². The van der Waals surface area contributed by atoms with Gasteiger partial charge in [-0.15, -0.1) is 11.3 Å². The summed E-state index contributed by atoms with van der Waals surface area (Å²) in [7, 11) is 0. The second-order valence-electron chi connectivity index (χ2n) is 7.16. The van der Waals surface area contributed by atoms with Crippen molar-refractivity contribution in [2.75, 3.05) is 19.7 Å². The third-order valence-electron chi connectivity index (χ3n) is 5.15. The first kappa shape index (κ1) is 20.6. The Morgan fingerprint density at radius 1 is 1.32 bits per heavy atom. The van der Waals surface area contributed by atoms with Crippen molar-refractivity contribution in [2.45, 2.75) is 51.8 Å². The van der Waals surface area contributed by atoms with Gasteiger partial charge in [-0.25, -0.2) is 0 Å². The van der Waals surface area contributed by atoms with E-state index >= 15 is 0 Å². The normalized spacial score (nSPS) is 17.4. The minimum atomic E-state index is -0.0900. The number of rotatable bonds is 9. The molecule has 0 spiro atoms. The van der Waals surface area contributed by atoms with Gasteiger partial charge in [-0.1, -0.05) is 13.0 Å². The Morgan fingerprint density at radius 3 is 2.79 bits per heavy atom. The number of ether oxygens (including phenoxy) is 1. The lowest BCUT2D eigenvalue weighted by Crippen LogP contribution is -2.47. The molecule has 2 aromatic rings. The van der Waals surface area contributed by atoms with Crippen molar-refractivity contribution in [2.24, 2.45) is 0 Å². The molecule has 7 heteroatoms. The zero-order chi connectivity index (χ0) is 19.9. The van der Waals surface area contributed by atoms with E-state index in [4.69, 9.17) is 9.15 Å². The lowest BCUT2D eigenvalue weighted by molar-refractivity contribution is -0.134. The van der Waals surface area contributed by atoms with Crippen LogP contribution in [0.3, 0.4) is 0 Å². The van der Waals surface area contributed by atoms with E-state index in [0.29, 0.717) is 18.0 Å². The van der Waals surface area contributed by atoms with Crippen LogP contribution in [-0.4, -0.2) is 53.5 Å². The largest absolute Gasteiger partial charge is 0.467 e. The molecule has 0 saturated carbocycles. The maximum Gasteiger partial charge on any atom is 0.264 e. The summed E-state index contributed by atoms with van der Waals surface area (Å²) in [4.78, 5) is 30.2. The molecule has 2 amide bonds. The van der Waals surface area contributed by atoms with Crippen LogP contribution in [0.5, 0.6) is 0 Å². The fourth-order valence-corrected chi connectivity index (χ4v) is 3.99. The molecule has 6 nitrogen and oxygen atoms in total. The predicted octanol–water partition coefficient (Wildman–Crippen LogP) is 3.79. The highest BCUT2D eigenvalue weighted by molar-refractivity contribution is 7.12. The minimum Gasteiger partial charge on any atom is -0.467 e. The Bertz CT molecular complexity index is 739. The van der Waals surface area contributed by atoms with Gasteiger partial charge in [-0.3, -0.25) is 9.59 Å². The molecule has 0 unspecified atom stereocenters. The van der Waals surface area contributed by atoms with Crippen molar-refractivity contribution >= 4 is 23.2 Å². The molecule has 1 aliphatic rings. The van der Waals surface area contributed by atoms with Crippen LogP contribution < -0.4 is 0 Å². The van der Waals surface area contributed by atoms with E-state index in [-0.39, 0.29) is 30.5 Å². The van der Waals surface area contributed by atoms with Crippen molar-refractivity contribution in [1.29, 1.82) is 0 Å². The molecule has 0 N–H and O–H groups in total. The van der Waals surface area contributed by atoms with Gasteiger partial charge in [0, 0.05) is 19.2 Å². The number of hydrogen-bond donors (Lipinski definition) is 0.